The summed E-state index contributed by atoms with van der Waals surface area (Å²) in [4.78, 5) is 82.4. The second-order valence-electron chi connectivity index (χ2n) is 5.45. The molecule has 0 aromatic rings. The molecule has 2 unspecified atom stereocenters. The van der Waals surface area contributed by atoms with Gasteiger partial charge in [0, 0.05) is 27.7 Å². The molecule has 0 radical (unpaired) electrons. The summed E-state index contributed by atoms with van der Waals surface area (Å²) in [5.41, 5.74) is 0. The molecule has 0 aromatic carbocycles. The Labute approximate surface area is 178 Å². The van der Waals surface area contributed by atoms with Crippen molar-refractivity contribution in [1.29, 1.82) is 0 Å². The van der Waals surface area contributed by atoms with Crippen molar-refractivity contribution in [3.8, 4) is 0 Å². The van der Waals surface area contributed by atoms with Crippen molar-refractivity contribution >= 4 is 47.8 Å². The van der Waals surface area contributed by atoms with Crippen LogP contribution in [0.1, 0.15) is 27.7 Å². The first-order valence-corrected chi connectivity index (χ1v) is 8.11. The Morgan fingerprint density at radius 2 is 0.969 bits per heavy atom. The third-order valence-corrected chi connectivity index (χ3v) is 2.62. The van der Waals surface area contributed by atoms with Gasteiger partial charge in [0.2, 0.25) is 12.2 Å². The zero-order valence-corrected chi connectivity index (χ0v) is 17.0. The van der Waals surface area contributed by atoms with E-state index >= 15 is 0 Å². The molecule has 4 N–H and O–H groups in total. The van der Waals surface area contributed by atoms with Crippen LogP contribution in [-0.2, 0) is 57.3 Å². The van der Waals surface area contributed by atoms with Crippen molar-refractivity contribution < 1.29 is 77.7 Å². The van der Waals surface area contributed by atoms with E-state index in [1.807, 2.05) is 0 Å². The Morgan fingerprint density at radius 3 is 1.12 bits per heavy atom. The van der Waals surface area contributed by atoms with Crippen LogP contribution in [0.25, 0.3) is 0 Å². The molecule has 32 heavy (non-hydrogen) atoms. The molecule has 1 aliphatic heterocycles. The lowest BCUT2D eigenvalue weighted by Gasteiger charge is -2.12. The minimum atomic E-state index is -2.27. The monoisotopic (exact) mass is 468 g/mol. The van der Waals surface area contributed by atoms with Crippen molar-refractivity contribution in [1.82, 2.24) is 0 Å². The number of rotatable bonds is 5. The number of ether oxygens (including phenoxy) is 4. The lowest BCUT2D eigenvalue weighted by Crippen LogP contribution is -2.39. The van der Waals surface area contributed by atoms with Gasteiger partial charge in [-0.15, -0.1) is 0 Å². The first-order valence-electron chi connectivity index (χ1n) is 8.11. The average molecular weight is 468 g/mol. The highest BCUT2D eigenvalue weighted by molar-refractivity contribution is 6.01. The summed E-state index contributed by atoms with van der Waals surface area (Å²) in [6.45, 7) is 4.48. The zero-order valence-electron chi connectivity index (χ0n) is 17.0. The predicted molar refractivity (Wildman–Crippen MR) is 91.9 cm³/mol. The molecule has 16 heteroatoms. The van der Waals surface area contributed by atoms with Gasteiger partial charge in [-0.2, -0.15) is 0 Å². The molecule has 1 saturated heterocycles. The highest BCUT2D eigenvalue weighted by Gasteiger charge is 2.49. The smallest absolute Gasteiger partial charge is 0.359 e. The van der Waals surface area contributed by atoms with Crippen molar-refractivity contribution in [2.45, 2.75) is 52.1 Å². The fraction of sp³-hybridized carbons (Fsp3) is 0.500. The van der Waals surface area contributed by atoms with Crippen LogP contribution in [0.3, 0.4) is 0 Å². The van der Waals surface area contributed by atoms with Gasteiger partial charge in [0.15, 0.2) is 12.2 Å². The summed E-state index contributed by atoms with van der Waals surface area (Å²) in [7, 11) is 0. The van der Waals surface area contributed by atoms with Crippen LogP contribution < -0.4 is 0 Å². The Hall–Kier alpha value is -3.92. The lowest BCUT2D eigenvalue weighted by molar-refractivity contribution is -0.167. The fourth-order valence-electron chi connectivity index (χ4n) is 1.51. The molecule has 0 bridgehead atoms. The number of hydrogen-bond donors (Lipinski definition) is 4. The summed E-state index contributed by atoms with van der Waals surface area (Å²) in [5, 5.41) is 32.5. The second kappa shape index (κ2) is 14.1. The number of carbonyl (C=O) groups excluding carboxylic acids is 6. The number of carboxylic acids is 2. The normalized spacial score (nSPS) is 18.2. The van der Waals surface area contributed by atoms with Gasteiger partial charge in [-0.1, -0.05) is 0 Å². The third kappa shape index (κ3) is 12.6. The number of esters is 6. The van der Waals surface area contributed by atoms with Gasteiger partial charge in [-0.25, -0.2) is 19.2 Å². The van der Waals surface area contributed by atoms with Crippen molar-refractivity contribution in [2.75, 3.05) is 0 Å². The minimum absolute atomic E-state index is 0.562. The van der Waals surface area contributed by atoms with Crippen LogP contribution in [0.15, 0.2) is 0 Å². The summed E-state index contributed by atoms with van der Waals surface area (Å²) < 4.78 is 17.1. The molecule has 4 atom stereocenters. The molecule has 1 aliphatic rings. The largest absolute Gasteiger partial charge is 0.479 e. The maximum atomic E-state index is 11.0. The van der Waals surface area contributed by atoms with Crippen LogP contribution in [-0.4, -0.2) is 92.6 Å². The van der Waals surface area contributed by atoms with Crippen LogP contribution in [0.5, 0.6) is 0 Å². The standard InChI is InChI=1S/C8H8O7.C4H6O6.C4H6O3/c1-3(9)13-5-6(14-4(2)10)8(12)15-7(5)11;5-1(3(7)8)2(6)4(9)10;1-3(5)7-4(2)6/h5-6H,1-2H3;1-2,5-6H,(H,7,8)(H,9,10);1-2H3/t5-,6-;;/m1../s1. The van der Waals surface area contributed by atoms with E-state index in [9.17, 15) is 38.4 Å². The molecule has 0 spiro atoms. The summed E-state index contributed by atoms with van der Waals surface area (Å²) in [6.07, 6.45) is -7.53. The summed E-state index contributed by atoms with van der Waals surface area (Å²) in [6, 6.07) is 0. The van der Waals surface area contributed by atoms with E-state index in [1.54, 1.807) is 0 Å². The van der Waals surface area contributed by atoms with Gasteiger partial charge in [0.1, 0.15) is 0 Å². The van der Waals surface area contributed by atoms with Crippen LogP contribution in [0, 0.1) is 0 Å². The maximum Gasteiger partial charge on any atom is 0.359 e. The van der Waals surface area contributed by atoms with E-state index in [1.165, 1.54) is 13.8 Å². The van der Waals surface area contributed by atoms with Crippen molar-refractivity contribution in [2.24, 2.45) is 0 Å². The number of cyclic esters (lactones) is 2. The minimum Gasteiger partial charge on any atom is -0.479 e. The SMILES string of the molecule is CC(=O)OC(C)=O.CC(=O)O[C@H]1C(=O)OC(=O)[C@@H]1OC(C)=O.O=C(O)C(O)C(O)C(=O)O. The number of carbonyl (C=O) groups is 8. The van der Waals surface area contributed by atoms with E-state index in [0.717, 1.165) is 13.8 Å². The number of aliphatic carboxylic acids is 2. The number of hydrogen-bond acceptors (Lipinski definition) is 14. The highest BCUT2D eigenvalue weighted by Crippen LogP contribution is 2.17. The molecule has 0 aliphatic carbocycles. The number of aliphatic hydroxyl groups is 2. The molecular formula is C16H20O16. The summed E-state index contributed by atoms with van der Waals surface area (Å²) in [5.74, 6) is -8.29. The van der Waals surface area contributed by atoms with E-state index in [-0.39, 0.29) is 0 Å². The Kier molecular flexibility index (Phi) is 13.4. The molecule has 0 amide bonds. The van der Waals surface area contributed by atoms with Gasteiger partial charge in [0.05, 0.1) is 0 Å². The Balaban J connectivity index is 0. The van der Waals surface area contributed by atoms with Gasteiger partial charge < -0.3 is 39.4 Å². The second-order valence-corrected chi connectivity index (χ2v) is 5.45. The Morgan fingerprint density at radius 1 is 0.688 bits per heavy atom. The predicted octanol–water partition coefficient (Wildman–Crippen LogP) is -3.09. The molecule has 0 saturated carbocycles. The molecule has 1 fully saturated rings. The highest BCUT2D eigenvalue weighted by atomic mass is 16.7. The lowest BCUT2D eigenvalue weighted by atomic mass is 10.2. The molecule has 1 heterocycles. The van der Waals surface area contributed by atoms with Crippen LogP contribution >= 0.6 is 0 Å². The van der Waals surface area contributed by atoms with E-state index in [4.69, 9.17) is 20.4 Å². The van der Waals surface area contributed by atoms with Crippen LogP contribution in [0.2, 0.25) is 0 Å². The van der Waals surface area contributed by atoms with E-state index in [0.29, 0.717) is 0 Å². The quantitative estimate of drug-likeness (QED) is 0.177. The summed E-state index contributed by atoms with van der Waals surface area (Å²) >= 11 is 0. The first-order chi connectivity index (χ1) is 14.5. The van der Waals surface area contributed by atoms with Crippen LogP contribution in [0.4, 0.5) is 0 Å². The number of carboxylic acid groups (broad SMARTS) is 2. The Bertz CT molecular complexity index is 706. The van der Waals surface area contributed by atoms with E-state index < -0.39 is 72.2 Å². The topological polar surface area (TPSA) is 254 Å². The molecular weight excluding hydrogens is 448 g/mol. The van der Waals surface area contributed by atoms with E-state index in [2.05, 4.69) is 18.9 Å². The first kappa shape index (κ1) is 30.3. The van der Waals surface area contributed by atoms with Gasteiger partial charge in [-0.3, -0.25) is 19.2 Å². The molecule has 16 nitrogen and oxygen atoms in total. The fourth-order valence-corrected chi connectivity index (χ4v) is 1.51. The molecule has 1 rings (SSSR count). The van der Waals surface area contributed by atoms with Crippen molar-refractivity contribution in [3.63, 3.8) is 0 Å². The molecule has 0 aromatic heterocycles. The van der Waals surface area contributed by atoms with Crippen molar-refractivity contribution in [3.05, 3.63) is 0 Å². The maximum absolute atomic E-state index is 11.0. The number of aliphatic hydroxyl groups excluding tert-OH is 2. The molecule has 180 valence electrons. The zero-order chi connectivity index (χ0) is 25.8. The van der Waals surface area contributed by atoms with Gasteiger partial charge in [-0.05, 0) is 0 Å². The van der Waals surface area contributed by atoms with Gasteiger partial charge in [0.25, 0.3) is 0 Å². The van der Waals surface area contributed by atoms with Gasteiger partial charge >= 0.3 is 47.8 Å². The average Bonchev–Trinajstić information content (AvgIpc) is 2.86. The third-order valence-electron chi connectivity index (χ3n) is 2.62.